The molecule has 0 aliphatic heterocycles. The van der Waals surface area contributed by atoms with E-state index in [0.717, 1.165) is 21.6 Å². The highest BCUT2D eigenvalue weighted by Gasteiger charge is 2.30. The van der Waals surface area contributed by atoms with Crippen LogP contribution in [0.15, 0.2) is 83.8 Å². The molecule has 3 aromatic carbocycles. The number of hydrogen-bond acceptors (Lipinski definition) is 3. The summed E-state index contributed by atoms with van der Waals surface area (Å²) in [6, 6.07) is 25.6. The van der Waals surface area contributed by atoms with Crippen LogP contribution in [0.4, 0.5) is 0 Å². The highest BCUT2D eigenvalue weighted by Crippen LogP contribution is 2.22. The largest absolute Gasteiger partial charge is 0.352 e. The smallest absolute Gasteiger partial charge is 0.243 e. The number of amides is 2. The van der Waals surface area contributed by atoms with Gasteiger partial charge in [0.1, 0.15) is 6.04 Å². The van der Waals surface area contributed by atoms with Gasteiger partial charge in [-0.15, -0.1) is 11.8 Å². The van der Waals surface area contributed by atoms with Crippen molar-refractivity contribution in [2.45, 2.75) is 57.6 Å². The van der Waals surface area contributed by atoms with E-state index in [0.29, 0.717) is 13.0 Å². The number of hydrogen-bond donors (Lipinski definition) is 1. The minimum Gasteiger partial charge on any atom is -0.352 e. The molecule has 0 aliphatic carbocycles. The van der Waals surface area contributed by atoms with Crippen molar-refractivity contribution in [1.82, 2.24) is 10.2 Å². The summed E-state index contributed by atoms with van der Waals surface area (Å²) in [6.45, 7) is 8.35. The van der Waals surface area contributed by atoms with Gasteiger partial charge >= 0.3 is 0 Å². The summed E-state index contributed by atoms with van der Waals surface area (Å²) in [4.78, 5) is 29.8. The topological polar surface area (TPSA) is 49.4 Å². The molecule has 0 aliphatic rings. The Hall–Kier alpha value is -3.05. The van der Waals surface area contributed by atoms with Crippen LogP contribution in [0, 0.1) is 13.8 Å². The minimum atomic E-state index is -0.601. The molecule has 34 heavy (non-hydrogen) atoms. The molecule has 0 saturated heterocycles. The zero-order valence-electron chi connectivity index (χ0n) is 20.5. The van der Waals surface area contributed by atoms with Crippen molar-refractivity contribution in [1.29, 1.82) is 0 Å². The minimum absolute atomic E-state index is 0.0105. The Morgan fingerprint density at radius 3 is 2.18 bits per heavy atom. The molecule has 3 aromatic rings. The molecule has 0 unspecified atom stereocenters. The van der Waals surface area contributed by atoms with Gasteiger partial charge in [-0.25, -0.2) is 0 Å². The molecule has 178 valence electrons. The van der Waals surface area contributed by atoms with Gasteiger partial charge in [0.2, 0.25) is 11.8 Å². The van der Waals surface area contributed by atoms with Gasteiger partial charge in [0.25, 0.3) is 0 Å². The summed E-state index contributed by atoms with van der Waals surface area (Å²) in [5.41, 5.74) is 4.36. The Bertz CT molecular complexity index is 1080. The molecule has 0 radical (unpaired) electrons. The van der Waals surface area contributed by atoms with Crippen LogP contribution >= 0.6 is 11.8 Å². The van der Waals surface area contributed by atoms with Gasteiger partial charge in [-0.1, -0.05) is 77.9 Å². The molecule has 1 N–H and O–H groups in total. The fraction of sp³-hybridized carbons (Fsp3) is 0.310. The highest BCUT2D eigenvalue weighted by atomic mass is 32.2. The number of carbonyl (C=O) groups excluding carboxylic acids is 2. The maximum absolute atomic E-state index is 13.6. The number of nitrogens with zero attached hydrogens (tertiary/aromatic N) is 1. The Labute approximate surface area is 207 Å². The van der Waals surface area contributed by atoms with Crippen molar-refractivity contribution in [3.63, 3.8) is 0 Å². The van der Waals surface area contributed by atoms with Crippen LogP contribution in [0.25, 0.3) is 0 Å². The van der Waals surface area contributed by atoms with E-state index in [1.807, 2.05) is 100 Å². The quantitative estimate of drug-likeness (QED) is 0.391. The van der Waals surface area contributed by atoms with Crippen molar-refractivity contribution in [2.24, 2.45) is 0 Å². The summed E-state index contributed by atoms with van der Waals surface area (Å²) in [5, 5.41) is 3.04. The Morgan fingerprint density at radius 2 is 1.53 bits per heavy atom. The zero-order chi connectivity index (χ0) is 24.5. The Kier molecular flexibility index (Phi) is 9.34. The maximum atomic E-state index is 13.6. The predicted octanol–water partition coefficient (Wildman–Crippen LogP) is 5.56. The van der Waals surface area contributed by atoms with Crippen LogP contribution in [0.2, 0.25) is 0 Å². The van der Waals surface area contributed by atoms with E-state index in [4.69, 9.17) is 0 Å². The Balaban J connectivity index is 1.90. The second-order valence-corrected chi connectivity index (χ2v) is 10.0. The lowest BCUT2D eigenvalue weighted by atomic mass is 10.0. The molecule has 0 heterocycles. The maximum Gasteiger partial charge on any atom is 0.243 e. The third-order valence-corrected chi connectivity index (χ3v) is 6.52. The van der Waals surface area contributed by atoms with E-state index >= 15 is 0 Å². The van der Waals surface area contributed by atoms with E-state index in [1.54, 1.807) is 4.90 Å². The van der Waals surface area contributed by atoms with E-state index < -0.39 is 6.04 Å². The molecule has 2 amide bonds. The molecule has 1 atom stereocenters. The third-order valence-electron chi connectivity index (χ3n) is 5.52. The summed E-state index contributed by atoms with van der Waals surface area (Å²) >= 11 is 1.51. The van der Waals surface area contributed by atoms with Gasteiger partial charge in [0, 0.05) is 23.9 Å². The fourth-order valence-electron chi connectivity index (χ4n) is 3.80. The standard InChI is InChI=1S/C29H34N2O2S/c1-21(2)30-29(33)27(18-24-10-6-5-7-11-24)31(19-25-12-8-9-23(4)17-25)28(32)20-34-26-15-13-22(3)14-16-26/h5-17,21,27H,18-20H2,1-4H3,(H,30,33)/t27-/m1/s1. The van der Waals surface area contributed by atoms with Crippen molar-refractivity contribution in [3.8, 4) is 0 Å². The number of rotatable bonds is 10. The summed E-state index contributed by atoms with van der Waals surface area (Å²) in [7, 11) is 0. The van der Waals surface area contributed by atoms with Crippen LogP contribution in [0.5, 0.6) is 0 Å². The first-order chi connectivity index (χ1) is 16.3. The van der Waals surface area contributed by atoms with E-state index in [1.165, 1.54) is 17.3 Å². The molecule has 3 rings (SSSR count). The summed E-state index contributed by atoms with van der Waals surface area (Å²) < 4.78 is 0. The number of nitrogens with one attached hydrogen (secondary N) is 1. The van der Waals surface area contributed by atoms with Crippen LogP contribution in [0.3, 0.4) is 0 Å². The second-order valence-electron chi connectivity index (χ2n) is 8.98. The SMILES string of the molecule is Cc1ccc(SCC(=O)N(Cc2cccc(C)c2)[C@H](Cc2ccccc2)C(=O)NC(C)C)cc1. The monoisotopic (exact) mass is 474 g/mol. The molecule has 0 saturated carbocycles. The molecule has 0 fully saturated rings. The van der Waals surface area contributed by atoms with Crippen LogP contribution in [-0.4, -0.2) is 34.6 Å². The number of thioether (sulfide) groups is 1. The van der Waals surface area contributed by atoms with Gasteiger partial charge in [0.15, 0.2) is 0 Å². The molecule has 5 heteroatoms. The van der Waals surface area contributed by atoms with Gasteiger partial charge in [-0.05, 0) is 51.0 Å². The van der Waals surface area contributed by atoms with Crippen molar-refractivity contribution < 1.29 is 9.59 Å². The number of benzene rings is 3. The molecule has 4 nitrogen and oxygen atoms in total. The average Bonchev–Trinajstić information content (AvgIpc) is 2.81. The van der Waals surface area contributed by atoms with E-state index in [-0.39, 0.29) is 23.6 Å². The summed E-state index contributed by atoms with van der Waals surface area (Å²) in [6.07, 6.45) is 0.464. The first-order valence-corrected chi connectivity index (χ1v) is 12.7. The molecular formula is C29H34N2O2S. The lowest BCUT2D eigenvalue weighted by molar-refractivity contribution is -0.139. The lowest BCUT2D eigenvalue weighted by Crippen LogP contribution is -2.52. The summed E-state index contributed by atoms with van der Waals surface area (Å²) in [5.74, 6) is 0.0990. The third kappa shape index (κ3) is 7.77. The molecular weight excluding hydrogens is 440 g/mol. The van der Waals surface area contributed by atoms with Gasteiger partial charge in [0.05, 0.1) is 5.75 Å². The van der Waals surface area contributed by atoms with Crippen molar-refractivity contribution in [2.75, 3.05) is 5.75 Å². The number of carbonyl (C=O) groups is 2. The Morgan fingerprint density at radius 1 is 0.853 bits per heavy atom. The first kappa shape index (κ1) is 25.6. The van der Waals surface area contributed by atoms with Gasteiger partial charge in [-0.2, -0.15) is 0 Å². The van der Waals surface area contributed by atoms with Crippen molar-refractivity contribution in [3.05, 3.63) is 101 Å². The fourth-order valence-corrected chi connectivity index (χ4v) is 4.59. The van der Waals surface area contributed by atoms with Crippen LogP contribution in [-0.2, 0) is 22.6 Å². The van der Waals surface area contributed by atoms with Crippen molar-refractivity contribution >= 4 is 23.6 Å². The zero-order valence-corrected chi connectivity index (χ0v) is 21.3. The average molecular weight is 475 g/mol. The lowest BCUT2D eigenvalue weighted by Gasteiger charge is -2.32. The van der Waals surface area contributed by atoms with Gasteiger partial charge in [-0.3, -0.25) is 9.59 Å². The van der Waals surface area contributed by atoms with Gasteiger partial charge < -0.3 is 10.2 Å². The molecule has 0 spiro atoms. The predicted molar refractivity (Wildman–Crippen MR) is 141 cm³/mol. The number of aryl methyl sites for hydroxylation is 2. The molecule has 0 aromatic heterocycles. The first-order valence-electron chi connectivity index (χ1n) is 11.7. The van der Waals surface area contributed by atoms with E-state index in [9.17, 15) is 9.59 Å². The molecule has 0 bridgehead atoms. The second kappa shape index (κ2) is 12.4. The van der Waals surface area contributed by atoms with Crippen LogP contribution < -0.4 is 5.32 Å². The van der Waals surface area contributed by atoms with E-state index in [2.05, 4.69) is 11.4 Å². The normalized spacial score (nSPS) is 11.8. The van der Waals surface area contributed by atoms with Crippen LogP contribution in [0.1, 0.15) is 36.1 Å². The highest BCUT2D eigenvalue weighted by molar-refractivity contribution is 8.00.